The molecule has 0 bridgehead atoms. The number of benzene rings is 2. The predicted octanol–water partition coefficient (Wildman–Crippen LogP) is 7.06. The Hall–Kier alpha value is -2.49. The van der Waals surface area contributed by atoms with Crippen LogP contribution in [0.15, 0.2) is 54.6 Å². The number of carbonyl (C=O) groups is 1. The van der Waals surface area contributed by atoms with Crippen molar-refractivity contribution in [2.45, 2.75) is 51.4 Å². The van der Waals surface area contributed by atoms with E-state index in [1.54, 1.807) is 12.1 Å². The Bertz CT molecular complexity index is 919. The molecular weight excluding hydrogens is 382 g/mol. The summed E-state index contributed by atoms with van der Waals surface area (Å²) in [5.74, 6) is 0.377. The third-order valence-electron chi connectivity index (χ3n) is 6.84. The molecule has 2 aromatic carbocycles. The Kier molecular flexibility index (Phi) is 6.31. The summed E-state index contributed by atoms with van der Waals surface area (Å²) in [4.78, 5) is 12.3. The summed E-state index contributed by atoms with van der Waals surface area (Å²) < 4.78 is 31.5. The van der Waals surface area contributed by atoms with Gasteiger partial charge in [-0.2, -0.15) is 0 Å². The molecule has 2 aromatic rings. The van der Waals surface area contributed by atoms with E-state index in [0.29, 0.717) is 11.5 Å². The summed E-state index contributed by atoms with van der Waals surface area (Å²) in [5.41, 5.74) is 1.68. The van der Waals surface area contributed by atoms with Crippen molar-refractivity contribution < 1.29 is 18.3 Å². The molecule has 0 N–H and O–H groups in total. The number of hydrogen-bond donors (Lipinski definition) is 0. The van der Waals surface area contributed by atoms with Crippen molar-refractivity contribution in [3.05, 3.63) is 77.4 Å². The van der Waals surface area contributed by atoms with Crippen molar-refractivity contribution in [1.29, 1.82) is 0 Å². The van der Waals surface area contributed by atoms with Crippen LogP contribution in [-0.2, 0) is 0 Å². The number of esters is 1. The fraction of sp³-hybridized carbons (Fsp3) is 0.423. The van der Waals surface area contributed by atoms with Crippen LogP contribution in [0.1, 0.15) is 67.3 Å². The summed E-state index contributed by atoms with van der Waals surface area (Å²) in [6, 6.07) is 10.6. The molecule has 0 aromatic heterocycles. The van der Waals surface area contributed by atoms with Gasteiger partial charge in [-0.15, -0.1) is 0 Å². The monoisotopic (exact) mass is 410 g/mol. The molecule has 4 rings (SSSR count). The van der Waals surface area contributed by atoms with Crippen LogP contribution in [-0.4, -0.2) is 5.97 Å². The van der Waals surface area contributed by atoms with Crippen molar-refractivity contribution >= 4 is 5.97 Å². The molecule has 2 fully saturated rings. The second-order valence-electron chi connectivity index (χ2n) is 8.72. The molecule has 4 unspecified atom stereocenters. The lowest BCUT2D eigenvalue weighted by Crippen LogP contribution is -2.30. The second kappa shape index (κ2) is 9.11. The molecular formula is C26H28F2O2. The van der Waals surface area contributed by atoms with E-state index in [2.05, 4.69) is 19.1 Å². The van der Waals surface area contributed by atoms with E-state index in [1.807, 2.05) is 12.1 Å². The maximum absolute atomic E-state index is 13.3. The van der Waals surface area contributed by atoms with E-state index in [4.69, 9.17) is 4.74 Å². The molecule has 0 radical (unpaired) electrons. The van der Waals surface area contributed by atoms with E-state index in [0.717, 1.165) is 29.9 Å². The summed E-state index contributed by atoms with van der Waals surface area (Å²) >= 11 is 0. The fourth-order valence-corrected chi connectivity index (χ4v) is 5.27. The van der Waals surface area contributed by atoms with Crippen molar-refractivity contribution in [2.75, 3.05) is 0 Å². The highest BCUT2D eigenvalue weighted by molar-refractivity contribution is 5.91. The topological polar surface area (TPSA) is 26.3 Å². The molecule has 4 heteroatoms. The molecule has 0 heterocycles. The van der Waals surface area contributed by atoms with Crippen molar-refractivity contribution in [2.24, 2.45) is 17.8 Å². The number of hydrogen-bond acceptors (Lipinski definition) is 2. The molecule has 0 aliphatic heterocycles. The zero-order chi connectivity index (χ0) is 21.1. The zero-order valence-electron chi connectivity index (χ0n) is 17.3. The number of carbonyl (C=O) groups excluding carboxylic acids is 1. The SMILES string of the molecule is C/C=C/C1CCC2CC(c3ccc(C(=O)Oc4ccc(F)c(F)c4)cc3)CCC2C1. The normalized spacial score (nSPS) is 26.4. The number of allylic oxidation sites excluding steroid dienone is 2. The summed E-state index contributed by atoms with van der Waals surface area (Å²) in [6.07, 6.45) is 12.2. The average molecular weight is 411 g/mol. The molecule has 2 aliphatic carbocycles. The molecule has 0 saturated heterocycles. The molecule has 2 nitrogen and oxygen atoms in total. The van der Waals surface area contributed by atoms with Gasteiger partial charge in [0.2, 0.25) is 0 Å². The first-order chi connectivity index (χ1) is 14.5. The van der Waals surface area contributed by atoms with Gasteiger partial charge < -0.3 is 4.74 Å². The maximum Gasteiger partial charge on any atom is 0.343 e. The smallest absolute Gasteiger partial charge is 0.343 e. The van der Waals surface area contributed by atoms with E-state index >= 15 is 0 Å². The lowest BCUT2D eigenvalue weighted by molar-refractivity contribution is 0.0734. The fourth-order valence-electron chi connectivity index (χ4n) is 5.27. The maximum atomic E-state index is 13.3. The van der Waals surface area contributed by atoms with Gasteiger partial charge in [0.15, 0.2) is 11.6 Å². The van der Waals surface area contributed by atoms with Crippen LogP contribution in [0.25, 0.3) is 0 Å². The predicted molar refractivity (Wildman–Crippen MR) is 113 cm³/mol. The van der Waals surface area contributed by atoms with Gasteiger partial charge in [-0.1, -0.05) is 24.3 Å². The molecule has 2 saturated carbocycles. The highest BCUT2D eigenvalue weighted by atomic mass is 19.2. The third kappa shape index (κ3) is 4.63. The third-order valence-corrected chi connectivity index (χ3v) is 6.84. The van der Waals surface area contributed by atoms with E-state index < -0.39 is 17.6 Å². The van der Waals surface area contributed by atoms with Crippen LogP contribution in [0.3, 0.4) is 0 Å². The van der Waals surface area contributed by atoms with Crippen molar-refractivity contribution in [3.63, 3.8) is 0 Å². The van der Waals surface area contributed by atoms with E-state index in [-0.39, 0.29) is 5.75 Å². The van der Waals surface area contributed by atoms with E-state index in [9.17, 15) is 13.6 Å². The second-order valence-corrected chi connectivity index (χ2v) is 8.72. The molecule has 0 amide bonds. The minimum atomic E-state index is -1.04. The number of ether oxygens (including phenoxy) is 1. The lowest BCUT2D eigenvalue weighted by atomic mass is 9.64. The standard InChI is InChI=1S/C26H28F2O2/c1-2-3-17-4-5-22-15-21(11-10-20(22)14-17)18-6-8-19(9-7-18)26(29)30-23-12-13-24(27)25(28)16-23/h2-3,6-9,12-13,16-17,20-22H,4-5,10-11,14-15H2,1H3/b3-2+. The first-order valence-electron chi connectivity index (χ1n) is 10.9. The van der Waals surface area contributed by atoms with Gasteiger partial charge in [0, 0.05) is 6.07 Å². The van der Waals surface area contributed by atoms with Crippen LogP contribution >= 0.6 is 0 Å². The van der Waals surface area contributed by atoms with Gasteiger partial charge in [-0.25, -0.2) is 13.6 Å². The quantitative estimate of drug-likeness (QED) is 0.306. The molecule has 2 aliphatic rings. The largest absolute Gasteiger partial charge is 0.423 e. The summed E-state index contributed by atoms with van der Waals surface area (Å²) in [7, 11) is 0. The first-order valence-corrected chi connectivity index (χ1v) is 10.9. The number of fused-ring (bicyclic) bond motifs is 1. The van der Waals surface area contributed by atoms with Crippen LogP contribution in [0.5, 0.6) is 5.75 Å². The minimum Gasteiger partial charge on any atom is -0.423 e. The van der Waals surface area contributed by atoms with Crippen LogP contribution in [0.4, 0.5) is 8.78 Å². The van der Waals surface area contributed by atoms with Gasteiger partial charge in [0.25, 0.3) is 0 Å². The van der Waals surface area contributed by atoms with E-state index in [1.165, 1.54) is 50.2 Å². The zero-order valence-corrected chi connectivity index (χ0v) is 17.3. The lowest BCUT2D eigenvalue weighted by Gasteiger charge is -2.41. The minimum absolute atomic E-state index is 0.00480. The Labute approximate surface area is 177 Å². The van der Waals surface area contributed by atoms with Crippen molar-refractivity contribution in [1.82, 2.24) is 0 Å². The Morgan fingerprint density at radius 2 is 1.67 bits per heavy atom. The van der Waals surface area contributed by atoms with Crippen LogP contribution < -0.4 is 4.74 Å². The van der Waals surface area contributed by atoms with Gasteiger partial charge in [-0.05, 0) is 98.9 Å². The van der Waals surface area contributed by atoms with Gasteiger partial charge in [-0.3, -0.25) is 0 Å². The average Bonchev–Trinajstić information content (AvgIpc) is 2.76. The summed E-state index contributed by atoms with van der Waals surface area (Å²) in [5, 5.41) is 0. The van der Waals surface area contributed by atoms with Gasteiger partial charge in [0.1, 0.15) is 5.75 Å². The first kappa shape index (κ1) is 20.8. The van der Waals surface area contributed by atoms with Crippen LogP contribution in [0.2, 0.25) is 0 Å². The highest BCUT2D eigenvalue weighted by Crippen LogP contribution is 2.47. The molecule has 0 spiro atoms. The summed E-state index contributed by atoms with van der Waals surface area (Å²) in [6.45, 7) is 2.11. The molecule has 30 heavy (non-hydrogen) atoms. The number of halogens is 2. The number of rotatable bonds is 4. The highest BCUT2D eigenvalue weighted by Gasteiger charge is 2.35. The van der Waals surface area contributed by atoms with Gasteiger partial charge in [0.05, 0.1) is 5.56 Å². The Balaban J connectivity index is 1.37. The Morgan fingerprint density at radius 3 is 2.40 bits per heavy atom. The van der Waals surface area contributed by atoms with Crippen molar-refractivity contribution in [3.8, 4) is 5.75 Å². The van der Waals surface area contributed by atoms with Crippen LogP contribution in [0, 0.1) is 29.4 Å². The molecule has 158 valence electrons. The molecule has 4 atom stereocenters. The Morgan fingerprint density at radius 1 is 0.933 bits per heavy atom. The van der Waals surface area contributed by atoms with Gasteiger partial charge >= 0.3 is 5.97 Å².